The molecule has 1 aromatic rings. The molecule has 0 saturated carbocycles. The summed E-state index contributed by atoms with van der Waals surface area (Å²) in [5.41, 5.74) is -0.188. The molecule has 5 heteroatoms. The van der Waals surface area contributed by atoms with Crippen molar-refractivity contribution in [3.63, 3.8) is 0 Å². The minimum Gasteiger partial charge on any atom is -0.497 e. The van der Waals surface area contributed by atoms with E-state index in [9.17, 15) is 5.11 Å². The number of hydrogen-bond donors (Lipinski definition) is 2. The van der Waals surface area contributed by atoms with Crippen molar-refractivity contribution in [1.82, 2.24) is 0 Å². The lowest BCUT2D eigenvalue weighted by atomic mass is 9.97. The van der Waals surface area contributed by atoms with Gasteiger partial charge < -0.3 is 24.4 Å². The van der Waals surface area contributed by atoms with Crippen LogP contribution in [0.1, 0.15) is 18.9 Å². The van der Waals surface area contributed by atoms with Gasteiger partial charge in [-0.05, 0) is 43.5 Å². The molecule has 0 heterocycles. The van der Waals surface area contributed by atoms with E-state index >= 15 is 0 Å². The Bertz CT molecular complexity index is 389. The van der Waals surface area contributed by atoms with Crippen LogP contribution in [0.25, 0.3) is 0 Å². The summed E-state index contributed by atoms with van der Waals surface area (Å²) in [4.78, 5) is 0. The van der Waals surface area contributed by atoms with Crippen LogP contribution in [0.2, 0.25) is 0 Å². The van der Waals surface area contributed by atoms with Crippen LogP contribution in [0.4, 0.5) is 0 Å². The van der Waals surface area contributed by atoms with Gasteiger partial charge in [-0.3, -0.25) is 0 Å². The molecule has 1 rings (SSSR count). The van der Waals surface area contributed by atoms with Crippen molar-refractivity contribution in [2.75, 3.05) is 27.6 Å². The Balaban J connectivity index is 2.82. The van der Waals surface area contributed by atoms with Crippen LogP contribution in [0.15, 0.2) is 18.2 Å². The number of hydrogen-bond acceptors (Lipinski definition) is 5. The summed E-state index contributed by atoms with van der Waals surface area (Å²) < 4.78 is 15.5. The average Bonchev–Trinajstić information content (AvgIpc) is 2.43. The van der Waals surface area contributed by atoms with Gasteiger partial charge in [0.1, 0.15) is 11.5 Å². The predicted molar refractivity (Wildman–Crippen MR) is 71.5 cm³/mol. The number of aliphatic hydroxyl groups is 2. The first-order valence-corrected chi connectivity index (χ1v) is 6.14. The van der Waals surface area contributed by atoms with Crippen LogP contribution in [0, 0.1) is 0 Å². The van der Waals surface area contributed by atoms with E-state index < -0.39 is 5.60 Å². The molecule has 2 N–H and O–H groups in total. The summed E-state index contributed by atoms with van der Waals surface area (Å²) in [5.74, 6) is 1.42. The molecule has 1 aromatic carbocycles. The fourth-order valence-electron chi connectivity index (χ4n) is 1.62. The fourth-order valence-corrected chi connectivity index (χ4v) is 1.62. The second kappa shape index (κ2) is 7.33. The Morgan fingerprint density at radius 1 is 1.26 bits per heavy atom. The van der Waals surface area contributed by atoms with E-state index in [-0.39, 0.29) is 13.4 Å². The lowest BCUT2D eigenvalue weighted by Gasteiger charge is -2.21. The fraction of sp³-hybridized carbons (Fsp3) is 0.571. The van der Waals surface area contributed by atoms with Gasteiger partial charge in [0.05, 0.1) is 19.3 Å². The maximum absolute atomic E-state index is 9.83. The highest BCUT2D eigenvalue weighted by Crippen LogP contribution is 2.27. The second-order valence-corrected chi connectivity index (χ2v) is 4.68. The Kier molecular flexibility index (Phi) is 6.08. The first kappa shape index (κ1) is 15.8. The molecule has 0 aromatic heterocycles. The largest absolute Gasteiger partial charge is 0.497 e. The Morgan fingerprint density at radius 3 is 2.58 bits per heavy atom. The summed E-state index contributed by atoms with van der Waals surface area (Å²) in [6.07, 6.45) is 1.00. The SMILES string of the molecule is COCOc1ccc(OC)cc1CC[C@](C)(O)CO. The molecule has 0 aliphatic rings. The van der Waals surface area contributed by atoms with Gasteiger partial charge in [0.15, 0.2) is 6.79 Å². The molecule has 0 amide bonds. The molecule has 108 valence electrons. The third-order valence-electron chi connectivity index (χ3n) is 2.87. The summed E-state index contributed by atoms with van der Waals surface area (Å²) in [5, 5.41) is 18.9. The van der Waals surface area contributed by atoms with Crippen LogP contribution in [-0.4, -0.2) is 43.4 Å². The van der Waals surface area contributed by atoms with Crippen LogP contribution in [0.3, 0.4) is 0 Å². The average molecular weight is 270 g/mol. The van der Waals surface area contributed by atoms with Crippen molar-refractivity contribution in [2.24, 2.45) is 0 Å². The molecular formula is C14H22O5. The Labute approximate surface area is 113 Å². The minimum atomic E-state index is -1.10. The highest BCUT2D eigenvalue weighted by atomic mass is 16.7. The first-order valence-electron chi connectivity index (χ1n) is 6.14. The zero-order valence-electron chi connectivity index (χ0n) is 11.7. The molecule has 0 radical (unpaired) electrons. The first-order chi connectivity index (χ1) is 9.02. The maximum atomic E-state index is 9.83. The van der Waals surface area contributed by atoms with Gasteiger partial charge in [-0.15, -0.1) is 0 Å². The van der Waals surface area contributed by atoms with E-state index in [1.54, 1.807) is 33.3 Å². The van der Waals surface area contributed by atoms with Crippen molar-refractivity contribution in [3.8, 4) is 11.5 Å². The van der Waals surface area contributed by atoms with Crippen molar-refractivity contribution >= 4 is 0 Å². The summed E-state index contributed by atoms with van der Waals surface area (Å²) in [6.45, 7) is 1.49. The topological polar surface area (TPSA) is 68.2 Å². The zero-order chi connectivity index (χ0) is 14.3. The number of benzene rings is 1. The number of aryl methyl sites for hydroxylation is 1. The van der Waals surface area contributed by atoms with Gasteiger partial charge in [0.25, 0.3) is 0 Å². The minimum absolute atomic E-state index is 0.162. The van der Waals surface area contributed by atoms with Crippen LogP contribution in [0.5, 0.6) is 11.5 Å². The highest BCUT2D eigenvalue weighted by Gasteiger charge is 2.19. The van der Waals surface area contributed by atoms with Crippen molar-refractivity contribution < 1.29 is 24.4 Å². The molecule has 0 aliphatic heterocycles. The number of aliphatic hydroxyl groups excluding tert-OH is 1. The number of ether oxygens (including phenoxy) is 3. The lowest BCUT2D eigenvalue weighted by Crippen LogP contribution is -2.29. The van der Waals surface area contributed by atoms with Crippen LogP contribution >= 0.6 is 0 Å². The van der Waals surface area contributed by atoms with Crippen molar-refractivity contribution in [2.45, 2.75) is 25.4 Å². The summed E-state index contributed by atoms with van der Waals surface area (Å²) >= 11 is 0. The predicted octanol–water partition coefficient (Wildman–Crippen LogP) is 1.35. The molecular weight excluding hydrogens is 248 g/mol. The third-order valence-corrected chi connectivity index (χ3v) is 2.87. The van der Waals surface area contributed by atoms with Gasteiger partial charge in [0.2, 0.25) is 0 Å². The van der Waals surface area contributed by atoms with Gasteiger partial charge in [-0.25, -0.2) is 0 Å². The Hall–Kier alpha value is -1.30. The van der Waals surface area contributed by atoms with E-state index in [2.05, 4.69) is 0 Å². The molecule has 19 heavy (non-hydrogen) atoms. The molecule has 0 saturated heterocycles. The van der Waals surface area contributed by atoms with Gasteiger partial charge in [-0.2, -0.15) is 0 Å². The van der Waals surface area contributed by atoms with Gasteiger partial charge in [0, 0.05) is 7.11 Å². The molecule has 0 bridgehead atoms. The van der Waals surface area contributed by atoms with Gasteiger partial charge >= 0.3 is 0 Å². The summed E-state index contributed by atoms with van der Waals surface area (Å²) in [7, 11) is 3.15. The standard InChI is InChI=1S/C14H22O5/c1-14(16,9-15)7-6-11-8-12(18-3)4-5-13(11)19-10-17-2/h4-5,8,15-16H,6-7,9-10H2,1-3H3/t14-/m0/s1. The van der Waals surface area contributed by atoms with E-state index in [0.717, 1.165) is 11.3 Å². The zero-order valence-corrected chi connectivity index (χ0v) is 11.7. The highest BCUT2D eigenvalue weighted by molar-refractivity contribution is 5.40. The molecule has 0 aliphatic carbocycles. The Morgan fingerprint density at radius 2 is 2.00 bits per heavy atom. The van der Waals surface area contributed by atoms with E-state index in [1.807, 2.05) is 6.07 Å². The quantitative estimate of drug-likeness (QED) is 0.698. The molecule has 1 atom stereocenters. The third kappa shape index (κ3) is 5.06. The van der Waals surface area contributed by atoms with Crippen LogP contribution < -0.4 is 9.47 Å². The molecule has 5 nitrogen and oxygen atoms in total. The van der Waals surface area contributed by atoms with Crippen molar-refractivity contribution in [3.05, 3.63) is 23.8 Å². The normalized spacial score (nSPS) is 13.9. The summed E-state index contributed by atoms with van der Waals surface area (Å²) in [6, 6.07) is 5.47. The lowest BCUT2D eigenvalue weighted by molar-refractivity contribution is -0.00507. The smallest absolute Gasteiger partial charge is 0.188 e. The van der Waals surface area contributed by atoms with Gasteiger partial charge in [-0.1, -0.05) is 0 Å². The molecule has 0 spiro atoms. The van der Waals surface area contributed by atoms with Crippen LogP contribution in [-0.2, 0) is 11.2 Å². The van der Waals surface area contributed by atoms with E-state index in [4.69, 9.17) is 19.3 Å². The molecule has 0 unspecified atom stereocenters. The van der Waals surface area contributed by atoms with E-state index in [1.165, 1.54) is 0 Å². The van der Waals surface area contributed by atoms with E-state index in [0.29, 0.717) is 18.6 Å². The monoisotopic (exact) mass is 270 g/mol. The van der Waals surface area contributed by atoms with Crippen molar-refractivity contribution in [1.29, 1.82) is 0 Å². The molecule has 0 fully saturated rings. The number of methoxy groups -OCH3 is 2. The second-order valence-electron chi connectivity index (χ2n) is 4.68. The maximum Gasteiger partial charge on any atom is 0.188 e. The number of rotatable bonds is 8.